The van der Waals surface area contributed by atoms with Crippen molar-refractivity contribution in [2.45, 2.75) is 18.6 Å². The highest BCUT2D eigenvalue weighted by atomic mass is 19.4. The van der Waals surface area contributed by atoms with Crippen LogP contribution in [0.2, 0.25) is 0 Å². The zero-order valence-electron chi connectivity index (χ0n) is 16.0. The summed E-state index contributed by atoms with van der Waals surface area (Å²) < 4.78 is 45.9. The molecule has 3 rings (SSSR count). The van der Waals surface area contributed by atoms with E-state index in [0.29, 0.717) is 22.7 Å². The van der Waals surface area contributed by atoms with Crippen molar-refractivity contribution in [1.82, 2.24) is 0 Å². The van der Waals surface area contributed by atoms with Crippen molar-refractivity contribution in [3.63, 3.8) is 0 Å². The Labute approximate surface area is 177 Å². The van der Waals surface area contributed by atoms with Crippen molar-refractivity contribution in [3.05, 3.63) is 84.4 Å². The minimum atomic E-state index is -4.65. The molecule has 0 bridgehead atoms. The smallest absolute Gasteiger partial charge is 0.409 e. The number of ether oxygens (including phenoxy) is 1. The molecular weight excluding hydrogens is 407 g/mol. The fraction of sp³-hybridized carbons (Fsp3) is 0.130. The number of nitrogens with zero attached hydrogens (tertiary/aromatic N) is 1. The van der Waals surface area contributed by atoms with Gasteiger partial charge < -0.3 is 15.4 Å². The summed E-state index contributed by atoms with van der Waals surface area (Å²) in [7, 11) is 0. The van der Waals surface area contributed by atoms with E-state index in [9.17, 15) is 18.0 Å². The zero-order chi connectivity index (χ0) is 22.3. The van der Waals surface area contributed by atoms with Crippen LogP contribution in [-0.4, -0.2) is 18.1 Å². The van der Waals surface area contributed by atoms with Crippen molar-refractivity contribution in [1.29, 1.82) is 5.26 Å². The summed E-state index contributed by atoms with van der Waals surface area (Å²) in [5.74, 6) is 0.149. The Morgan fingerprint density at radius 1 is 1.00 bits per heavy atom. The van der Waals surface area contributed by atoms with Gasteiger partial charge in [0, 0.05) is 17.4 Å². The maximum absolute atomic E-state index is 13.5. The van der Waals surface area contributed by atoms with E-state index in [1.54, 1.807) is 18.2 Å². The molecule has 3 aromatic rings. The number of alkyl halides is 3. The number of carbonyl (C=O) groups is 1. The number of halogens is 3. The Hall–Kier alpha value is -4.17. The average molecular weight is 423 g/mol. The van der Waals surface area contributed by atoms with Gasteiger partial charge in [0.2, 0.25) is 5.91 Å². The van der Waals surface area contributed by atoms with Gasteiger partial charge in [-0.05, 0) is 60.7 Å². The molecule has 0 saturated carbocycles. The molecule has 0 radical (unpaired) electrons. The van der Waals surface area contributed by atoms with Gasteiger partial charge in [-0.2, -0.15) is 18.4 Å². The van der Waals surface area contributed by atoms with E-state index < -0.39 is 24.5 Å². The van der Waals surface area contributed by atoms with Gasteiger partial charge in [0.05, 0.1) is 18.1 Å². The molecule has 2 N–H and O–H groups in total. The zero-order valence-corrected chi connectivity index (χ0v) is 16.0. The first-order valence-corrected chi connectivity index (χ1v) is 9.12. The van der Waals surface area contributed by atoms with Crippen molar-refractivity contribution in [2.75, 3.05) is 10.6 Å². The molecule has 156 valence electrons. The summed E-state index contributed by atoms with van der Waals surface area (Å²) in [6.07, 6.45) is -5.47. The van der Waals surface area contributed by atoms with Crippen LogP contribution in [0.1, 0.15) is 12.0 Å². The van der Waals surface area contributed by atoms with Crippen LogP contribution in [-0.2, 0) is 4.79 Å². The Kier molecular flexibility index (Phi) is 6.64. The second-order valence-electron chi connectivity index (χ2n) is 6.48. The van der Waals surface area contributed by atoms with Gasteiger partial charge in [0.15, 0.2) is 0 Å². The van der Waals surface area contributed by atoms with E-state index in [2.05, 4.69) is 22.8 Å². The van der Waals surface area contributed by atoms with Gasteiger partial charge in [-0.25, -0.2) is 0 Å². The first-order chi connectivity index (χ1) is 14.8. The third-order valence-corrected chi connectivity index (χ3v) is 4.14. The average Bonchev–Trinajstić information content (AvgIpc) is 2.75. The van der Waals surface area contributed by atoms with Gasteiger partial charge in [-0.3, -0.25) is 4.79 Å². The molecule has 0 spiro atoms. The summed E-state index contributed by atoms with van der Waals surface area (Å²) in [6.45, 7) is 0. The summed E-state index contributed by atoms with van der Waals surface area (Å²) in [5.41, 5.74) is 0.875. The molecule has 0 unspecified atom stereocenters. The van der Waals surface area contributed by atoms with Crippen LogP contribution >= 0.6 is 0 Å². The number of nitriles is 1. The molecule has 1 amide bonds. The number of carbonyl (C=O) groups excluding carboxylic acids is 1. The molecule has 31 heavy (non-hydrogen) atoms. The van der Waals surface area contributed by atoms with Crippen LogP contribution in [0, 0.1) is 23.5 Å². The highest BCUT2D eigenvalue weighted by Crippen LogP contribution is 2.28. The SMILES string of the molecule is N#Cc1ccc(NC(=O)C[C@H](Nc2ccc(Oc3cc#ccc3)cc2)C(F)(F)F)cc1. The third kappa shape index (κ3) is 6.41. The summed E-state index contributed by atoms with van der Waals surface area (Å²) in [6, 6.07) is 21.9. The van der Waals surface area contributed by atoms with Crippen LogP contribution in [0.15, 0.2) is 66.7 Å². The lowest BCUT2D eigenvalue weighted by Crippen LogP contribution is -2.39. The fourth-order valence-corrected chi connectivity index (χ4v) is 2.63. The minimum absolute atomic E-state index is 0.189. The minimum Gasteiger partial charge on any atom is -0.457 e. The first-order valence-electron chi connectivity index (χ1n) is 9.12. The third-order valence-electron chi connectivity index (χ3n) is 4.14. The van der Waals surface area contributed by atoms with Crippen LogP contribution in [0.5, 0.6) is 11.5 Å². The number of nitrogens with one attached hydrogen (secondary N) is 2. The van der Waals surface area contributed by atoms with Crippen molar-refractivity contribution in [3.8, 4) is 17.6 Å². The van der Waals surface area contributed by atoms with E-state index in [4.69, 9.17) is 10.00 Å². The quantitative estimate of drug-likeness (QED) is 0.539. The summed E-state index contributed by atoms with van der Waals surface area (Å²) in [4.78, 5) is 12.1. The number of hydrogen-bond donors (Lipinski definition) is 2. The maximum Gasteiger partial charge on any atom is 0.409 e. The molecule has 0 fully saturated rings. The number of amides is 1. The fourth-order valence-electron chi connectivity index (χ4n) is 2.63. The van der Waals surface area contributed by atoms with Crippen molar-refractivity contribution < 1.29 is 22.7 Å². The molecule has 0 saturated heterocycles. The van der Waals surface area contributed by atoms with Gasteiger partial charge in [-0.1, -0.05) is 12.1 Å². The van der Waals surface area contributed by atoms with Crippen LogP contribution in [0.4, 0.5) is 24.5 Å². The normalized spacial score (nSPS) is 11.5. The Morgan fingerprint density at radius 2 is 1.68 bits per heavy atom. The molecule has 0 aliphatic heterocycles. The molecule has 5 nitrogen and oxygen atoms in total. The lowest BCUT2D eigenvalue weighted by molar-refractivity contribution is -0.148. The Morgan fingerprint density at radius 3 is 2.26 bits per heavy atom. The topological polar surface area (TPSA) is 74.2 Å². The lowest BCUT2D eigenvalue weighted by Gasteiger charge is -2.22. The van der Waals surface area contributed by atoms with Gasteiger partial charge >= 0.3 is 6.18 Å². The van der Waals surface area contributed by atoms with E-state index in [0.717, 1.165) is 0 Å². The number of rotatable bonds is 7. The molecular formula is C23H16F3N3O2. The molecule has 0 aromatic heterocycles. The van der Waals surface area contributed by atoms with Gasteiger partial charge in [0.25, 0.3) is 0 Å². The number of anilines is 2. The van der Waals surface area contributed by atoms with E-state index >= 15 is 0 Å². The molecule has 3 aromatic carbocycles. The largest absolute Gasteiger partial charge is 0.457 e. The van der Waals surface area contributed by atoms with Crippen LogP contribution < -0.4 is 15.4 Å². The van der Waals surface area contributed by atoms with E-state index in [1.165, 1.54) is 48.5 Å². The molecule has 8 heteroatoms. The van der Waals surface area contributed by atoms with Crippen LogP contribution in [0.3, 0.4) is 0 Å². The molecule has 0 aliphatic rings. The summed E-state index contributed by atoms with van der Waals surface area (Å²) >= 11 is 0. The van der Waals surface area contributed by atoms with Gasteiger partial charge in [-0.15, -0.1) is 0 Å². The first kappa shape index (κ1) is 21.5. The predicted molar refractivity (Wildman–Crippen MR) is 108 cm³/mol. The Bertz CT molecular complexity index is 1040. The number of benzene rings is 2. The second-order valence-corrected chi connectivity index (χ2v) is 6.48. The maximum atomic E-state index is 13.5. The second kappa shape index (κ2) is 9.55. The Balaban J connectivity index is 1.62. The van der Waals surface area contributed by atoms with Gasteiger partial charge in [0.1, 0.15) is 17.5 Å². The highest BCUT2D eigenvalue weighted by molar-refractivity contribution is 5.91. The van der Waals surface area contributed by atoms with Crippen molar-refractivity contribution in [2.24, 2.45) is 0 Å². The standard InChI is InChI=1S/C23H16F3N3O2/c24-23(25,26)21(14-22(30)29-18-8-6-16(15-27)7-9-18)28-17-10-12-20(13-11-17)31-19-4-2-1-3-5-19/h2,4-13,21,28H,14H2,(H,29,30)/t21-/m0/s1. The van der Waals surface area contributed by atoms with E-state index in [-0.39, 0.29) is 5.69 Å². The van der Waals surface area contributed by atoms with Crippen LogP contribution in [0.25, 0.3) is 0 Å². The predicted octanol–water partition coefficient (Wildman–Crippen LogP) is 5.32. The number of hydrogen-bond acceptors (Lipinski definition) is 4. The molecule has 1 atom stereocenters. The molecule has 0 aliphatic carbocycles. The van der Waals surface area contributed by atoms with E-state index in [1.807, 2.05) is 6.07 Å². The molecule has 0 heterocycles. The monoisotopic (exact) mass is 423 g/mol. The lowest BCUT2D eigenvalue weighted by atomic mass is 10.1. The highest BCUT2D eigenvalue weighted by Gasteiger charge is 2.41. The van der Waals surface area contributed by atoms with Crippen molar-refractivity contribution >= 4 is 17.3 Å². The summed E-state index contributed by atoms with van der Waals surface area (Å²) in [5, 5.41) is 13.5.